The van der Waals surface area contributed by atoms with Crippen LogP contribution in [0.2, 0.25) is 0 Å². The van der Waals surface area contributed by atoms with E-state index in [1.807, 2.05) is 18.2 Å². The summed E-state index contributed by atoms with van der Waals surface area (Å²) in [5.74, 6) is 0.524. The van der Waals surface area contributed by atoms with E-state index in [1.165, 1.54) is 38.8 Å². The Hall–Kier alpha value is -1.39. The number of ether oxygens (including phenoxy) is 1. The fraction of sp³-hybridized carbons (Fsp3) is 0.632. The first kappa shape index (κ1) is 15.2. The van der Waals surface area contributed by atoms with E-state index in [1.54, 1.807) is 0 Å². The van der Waals surface area contributed by atoms with E-state index in [0.29, 0.717) is 5.92 Å². The van der Waals surface area contributed by atoms with E-state index >= 15 is 0 Å². The third-order valence-electron chi connectivity index (χ3n) is 5.71. The van der Waals surface area contributed by atoms with Gasteiger partial charge in [-0.2, -0.15) is 0 Å². The van der Waals surface area contributed by atoms with Gasteiger partial charge in [-0.25, -0.2) is 4.79 Å². The molecule has 0 saturated carbocycles. The Morgan fingerprint density at radius 2 is 1.74 bits per heavy atom. The highest BCUT2D eigenvalue weighted by Gasteiger charge is 2.39. The average Bonchev–Trinajstić information content (AvgIpc) is 3.11. The van der Waals surface area contributed by atoms with Crippen LogP contribution in [-0.4, -0.2) is 54.6 Å². The quantitative estimate of drug-likeness (QED) is 0.799. The number of carbonyl (C=O) groups excluding carboxylic acids is 1. The first-order chi connectivity index (χ1) is 11.3. The number of carbonyl (C=O) groups is 1. The Labute approximate surface area is 138 Å². The Morgan fingerprint density at radius 3 is 2.35 bits per heavy atom. The Kier molecular flexibility index (Phi) is 4.36. The van der Waals surface area contributed by atoms with Crippen molar-refractivity contribution in [3.8, 4) is 0 Å². The van der Waals surface area contributed by atoms with Gasteiger partial charge in [0.1, 0.15) is 12.1 Å². The zero-order valence-corrected chi connectivity index (χ0v) is 13.7. The minimum atomic E-state index is -0.228. The van der Waals surface area contributed by atoms with Gasteiger partial charge in [0.25, 0.3) is 0 Å². The zero-order valence-electron chi connectivity index (χ0n) is 13.7. The summed E-state index contributed by atoms with van der Waals surface area (Å²) in [6.45, 7) is 5.27. The van der Waals surface area contributed by atoms with Crippen molar-refractivity contribution >= 4 is 5.97 Å². The molecule has 0 amide bonds. The fourth-order valence-corrected chi connectivity index (χ4v) is 4.39. The molecule has 4 aliphatic heterocycles. The number of fused-ring (bicyclic) bond motifs is 3. The molecule has 4 aliphatic rings. The van der Waals surface area contributed by atoms with E-state index in [0.717, 1.165) is 25.2 Å². The normalized spacial score (nSPS) is 31.9. The van der Waals surface area contributed by atoms with Crippen LogP contribution in [-0.2, 0) is 9.53 Å². The van der Waals surface area contributed by atoms with Crippen LogP contribution in [0, 0.1) is 5.92 Å². The predicted octanol–water partition coefficient (Wildman–Crippen LogP) is 2.46. The molecule has 23 heavy (non-hydrogen) atoms. The molecule has 124 valence electrons. The van der Waals surface area contributed by atoms with Gasteiger partial charge in [0, 0.05) is 6.54 Å². The summed E-state index contributed by atoms with van der Waals surface area (Å²) in [5, 5.41) is 0. The molecule has 0 radical (unpaired) electrons. The third-order valence-corrected chi connectivity index (χ3v) is 5.71. The summed E-state index contributed by atoms with van der Waals surface area (Å²) in [4.78, 5) is 17.7. The number of esters is 1. The number of rotatable bonds is 4. The minimum Gasteiger partial charge on any atom is -0.459 e. The van der Waals surface area contributed by atoms with Crippen molar-refractivity contribution in [1.29, 1.82) is 0 Å². The monoisotopic (exact) mass is 314 g/mol. The average molecular weight is 314 g/mol. The van der Waals surface area contributed by atoms with Crippen molar-refractivity contribution in [2.75, 3.05) is 32.7 Å². The van der Waals surface area contributed by atoms with Gasteiger partial charge >= 0.3 is 5.97 Å². The van der Waals surface area contributed by atoms with Gasteiger partial charge in [0.05, 0.1) is 0 Å². The van der Waals surface area contributed by atoms with Crippen molar-refractivity contribution in [1.82, 2.24) is 9.80 Å². The number of benzene rings is 1. The highest BCUT2D eigenvalue weighted by molar-refractivity contribution is 5.78. The largest absolute Gasteiger partial charge is 0.459 e. The van der Waals surface area contributed by atoms with Crippen LogP contribution < -0.4 is 0 Å². The molecule has 0 aromatic heterocycles. The van der Waals surface area contributed by atoms with Crippen LogP contribution in [0.25, 0.3) is 0 Å². The van der Waals surface area contributed by atoms with Crippen molar-refractivity contribution in [3.63, 3.8) is 0 Å². The Bertz CT molecular complexity index is 534. The molecule has 4 heteroatoms. The molecule has 0 aliphatic carbocycles. The van der Waals surface area contributed by atoms with E-state index in [-0.39, 0.29) is 18.1 Å². The van der Waals surface area contributed by atoms with E-state index in [2.05, 4.69) is 21.9 Å². The number of nitrogens with zero attached hydrogens (tertiary/aromatic N) is 2. The van der Waals surface area contributed by atoms with Crippen molar-refractivity contribution in [2.45, 2.75) is 37.8 Å². The van der Waals surface area contributed by atoms with Crippen LogP contribution in [0.5, 0.6) is 0 Å². The first-order valence-corrected chi connectivity index (χ1v) is 9.03. The second-order valence-electron chi connectivity index (χ2n) is 7.17. The van der Waals surface area contributed by atoms with Crippen LogP contribution in [0.1, 0.15) is 37.3 Å². The van der Waals surface area contributed by atoms with E-state index in [9.17, 15) is 4.79 Å². The second-order valence-corrected chi connectivity index (χ2v) is 7.17. The molecule has 1 aromatic rings. The zero-order chi connectivity index (χ0) is 15.6. The molecular weight excluding hydrogens is 288 g/mol. The van der Waals surface area contributed by atoms with Gasteiger partial charge in [-0.3, -0.25) is 9.80 Å². The molecule has 2 atom stereocenters. The van der Waals surface area contributed by atoms with Gasteiger partial charge in [-0.15, -0.1) is 0 Å². The van der Waals surface area contributed by atoms with Gasteiger partial charge in [0.2, 0.25) is 0 Å². The maximum atomic E-state index is 13.0. The number of piperidine rings is 3. The highest BCUT2D eigenvalue weighted by atomic mass is 16.5. The fourth-order valence-electron chi connectivity index (χ4n) is 4.39. The molecule has 0 spiro atoms. The summed E-state index contributed by atoms with van der Waals surface area (Å²) in [6.07, 6.45) is 4.81. The molecule has 4 saturated heterocycles. The van der Waals surface area contributed by atoms with Crippen LogP contribution in [0.4, 0.5) is 0 Å². The smallest absolute Gasteiger partial charge is 0.328 e. The van der Waals surface area contributed by atoms with Gasteiger partial charge < -0.3 is 4.74 Å². The SMILES string of the molecule is O=C(O[C@H]1CN2CCC1CC2)C(c1ccccc1)N1CCCC1. The van der Waals surface area contributed by atoms with Crippen molar-refractivity contribution < 1.29 is 9.53 Å². The summed E-state index contributed by atoms with van der Waals surface area (Å²) in [5.41, 5.74) is 1.07. The highest BCUT2D eigenvalue weighted by Crippen LogP contribution is 2.32. The third kappa shape index (κ3) is 3.15. The van der Waals surface area contributed by atoms with Crippen LogP contribution in [0.15, 0.2) is 30.3 Å². The Morgan fingerprint density at radius 1 is 1.04 bits per heavy atom. The molecule has 2 bridgehead atoms. The molecule has 4 heterocycles. The Balaban J connectivity index is 1.50. The van der Waals surface area contributed by atoms with Crippen LogP contribution in [0.3, 0.4) is 0 Å². The molecular formula is C19H26N2O2. The van der Waals surface area contributed by atoms with Gasteiger partial charge in [0.15, 0.2) is 0 Å². The first-order valence-electron chi connectivity index (χ1n) is 9.03. The van der Waals surface area contributed by atoms with Crippen molar-refractivity contribution in [3.05, 3.63) is 35.9 Å². The van der Waals surface area contributed by atoms with E-state index < -0.39 is 0 Å². The lowest BCUT2D eigenvalue weighted by molar-refractivity contribution is -0.165. The van der Waals surface area contributed by atoms with Gasteiger partial charge in [-0.05, 0) is 63.3 Å². The maximum Gasteiger partial charge on any atom is 0.328 e. The molecule has 1 aromatic carbocycles. The standard InChI is InChI=1S/C19H26N2O2/c22-19(23-17-14-20-12-8-15(17)9-13-20)18(21-10-4-5-11-21)16-6-2-1-3-7-16/h1-3,6-7,15,17-18H,4-5,8-14H2/t17-,18?/m0/s1. The number of hydrogen-bond donors (Lipinski definition) is 0. The van der Waals surface area contributed by atoms with E-state index in [4.69, 9.17) is 4.74 Å². The topological polar surface area (TPSA) is 32.8 Å². The summed E-state index contributed by atoms with van der Waals surface area (Å²) >= 11 is 0. The molecule has 1 unspecified atom stereocenters. The summed E-state index contributed by atoms with van der Waals surface area (Å²) < 4.78 is 6.03. The lowest BCUT2D eigenvalue weighted by Crippen LogP contribution is -2.52. The number of hydrogen-bond acceptors (Lipinski definition) is 4. The maximum absolute atomic E-state index is 13.0. The predicted molar refractivity (Wildman–Crippen MR) is 89.0 cm³/mol. The van der Waals surface area contributed by atoms with Crippen molar-refractivity contribution in [2.24, 2.45) is 5.92 Å². The summed E-state index contributed by atoms with van der Waals surface area (Å²) in [7, 11) is 0. The lowest BCUT2D eigenvalue weighted by atomic mass is 9.86. The number of likely N-dealkylation sites (tertiary alicyclic amines) is 1. The molecule has 4 nitrogen and oxygen atoms in total. The second kappa shape index (κ2) is 6.62. The lowest BCUT2D eigenvalue weighted by Gasteiger charge is -2.44. The van der Waals surface area contributed by atoms with Gasteiger partial charge in [-0.1, -0.05) is 30.3 Å². The summed E-state index contributed by atoms with van der Waals surface area (Å²) in [6, 6.07) is 9.92. The molecule has 5 rings (SSSR count). The molecule has 0 N–H and O–H groups in total. The van der Waals surface area contributed by atoms with Crippen LogP contribution >= 0.6 is 0 Å². The minimum absolute atomic E-state index is 0.0446. The molecule has 4 fully saturated rings.